The molecule has 0 aliphatic carbocycles. The van der Waals surface area contributed by atoms with Crippen molar-refractivity contribution in [1.29, 1.82) is 0 Å². The van der Waals surface area contributed by atoms with E-state index in [1.807, 2.05) is 18.2 Å². The predicted molar refractivity (Wildman–Crippen MR) is 63.2 cm³/mol. The molecule has 3 aromatic rings. The first-order valence-corrected chi connectivity index (χ1v) is 5.25. The first kappa shape index (κ1) is 10.4. The van der Waals surface area contributed by atoms with E-state index in [1.165, 1.54) is 10.7 Å². The van der Waals surface area contributed by atoms with Crippen molar-refractivity contribution < 1.29 is 9.90 Å². The third-order valence-electron chi connectivity index (χ3n) is 2.56. The molecule has 6 nitrogen and oxygen atoms in total. The fraction of sp³-hybridized carbons (Fsp3) is 0. The molecular weight excluding hydrogens is 232 g/mol. The molecule has 3 aromatic heterocycles. The Kier molecular flexibility index (Phi) is 2.26. The second kappa shape index (κ2) is 3.92. The molecule has 0 amide bonds. The van der Waals surface area contributed by atoms with Crippen LogP contribution in [0.1, 0.15) is 10.4 Å². The lowest BCUT2D eigenvalue weighted by Crippen LogP contribution is -2.00. The van der Waals surface area contributed by atoms with E-state index in [0.29, 0.717) is 17.0 Å². The lowest BCUT2D eigenvalue weighted by atomic mass is 10.2. The normalized spacial score (nSPS) is 10.7. The van der Waals surface area contributed by atoms with Gasteiger partial charge in [0.1, 0.15) is 5.56 Å². The lowest BCUT2D eigenvalue weighted by Gasteiger charge is -2.02. The van der Waals surface area contributed by atoms with Gasteiger partial charge in [-0.05, 0) is 18.2 Å². The van der Waals surface area contributed by atoms with E-state index in [4.69, 9.17) is 5.11 Å². The number of carbonyl (C=O) groups is 1. The number of fused-ring (bicyclic) bond motifs is 1. The summed E-state index contributed by atoms with van der Waals surface area (Å²) >= 11 is 0. The summed E-state index contributed by atoms with van der Waals surface area (Å²) in [6, 6.07) is 7.24. The molecule has 3 heterocycles. The fourth-order valence-electron chi connectivity index (χ4n) is 1.75. The van der Waals surface area contributed by atoms with E-state index >= 15 is 0 Å². The minimum atomic E-state index is -1.05. The molecule has 0 bridgehead atoms. The van der Waals surface area contributed by atoms with Gasteiger partial charge in [0.25, 0.3) is 0 Å². The van der Waals surface area contributed by atoms with Crippen LogP contribution >= 0.6 is 0 Å². The summed E-state index contributed by atoms with van der Waals surface area (Å²) < 4.78 is 1.48. The average Bonchev–Trinajstić information content (AvgIpc) is 2.83. The van der Waals surface area contributed by atoms with Crippen molar-refractivity contribution in [3.63, 3.8) is 0 Å². The van der Waals surface area contributed by atoms with Crippen LogP contribution in [-0.2, 0) is 0 Å². The minimum absolute atomic E-state index is 0.0766. The van der Waals surface area contributed by atoms with Gasteiger partial charge in [-0.1, -0.05) is 6.07 Å². The number of aromatic carboxylic acids is 1. The van der Waals surface area contributed by atoms with Crippen LogP contribution in [0.25, 0.3) is 17.0 Å². The topological polar surface area (TPSA) is 80.4 Å². The smallest absolute Gasteiger partial charge is 0.341 e. The monoisotopic (exact) mass is 240 g/mol. The Morgan fingerprint density at radius 1 is 1.17 bits per heavy atom. The van der Waals surface area contributed by atoms with Gasteiger partial charge in [-0.25, -0.2) is 14.3 Å². The molecule has 6 heteroatoms. The van der Waals surface area contributed by atoms with Gasteiger partial charge in [0.2, 0.25) is 0 Å². The van der Waals surface area contributed by atoms with Crippen LogP contribution in [-0.4, -0.2) is 30.7 Å². The molecule has 0 unspecified atom stereocenters. The van der Waals surface area contributed by atoms with Gasteiger partial charge in [-0.3, -0.25) is 4.98 Å². The van der Waals surface area contributed by atoms with Gasteiger partial charge in [-0.2, -0.15) is 5.10 Å². The maximum atomic E-state index is 11.0. The van der Waals surface area contributed by atoms with Crippen molar-refractivity contribution in [2.75, 3.05) is 0 Å². The zero-order valence-electron chi connectivity index (χ0n) is 9.19. The average molecular weight is 240 g/mol. The largest absolute Gasteiger partial charge is 0.477 e. The van der Waals surface area contributed by atoms with Crippen LogP contribution in [0.15, 0.2) is 42.9 Å². The van der Waals surface area contributed by atoms with E-state index in [0.717, 1.165) is 0 Å². The Labute approximate surface area is 102 Å². The Morgan fingerprint density at radius 2 is 2.06 bits per heavy atom. The highest BCUT2D eigenvalue weighted by molar-refractivity contribution is 5.94. The third-order valence-corrected chi connectivity index (χ3v) is 2.56. The van der Waals surface area contributed by atoms with Crippen LogP contribution in [0.4, 0.5) is 0 Å². The number of hydrogen-bond acceptors (Lipinski definition) is 4. The van der Waals surface area contributed by atoms with E-state index < -0.39 is 5.97 Å². The Hall–Kier alpha value is -2.76. The number of nitrogens with zero attached hydrogens (tertiary/aromatic N) is 4. The molecule has 0 spiro atoms. The van der Waals surface area contributed by atoms with Crippen LogP contribution < -0.4 is 0 Å². The molecule has 0 radical (unpaired) electrons. The summed E-state index contributed by atoms with van der Waals surface area (Å²) in [5.41, 5.74) is 1.80. The van der Waals surface area contributed by atoms with E-state index in [9.17, 15) is 4.79 Å². The van der Waals surface area contributed by atoms with Crippen LogP contribution in [0.5, 0.6) is 0 Å². The van der Waals surface area contributed by atoms with Crippen LogP contribution in [0, 0.1) is 0 Å². The molecule has 1 N–H and O–H groups in total. The SMILES string of the molecule is O=C(O)c1cnn2c(-c3ccccn3)ccnc12. The molecule has 0 aliphatic heterocycles. The van der Waals surface area contributed by atoms with Gasteiger partial charge >= 0.3 is 5.97 Å². The summed E-state index contributed by atoms with van der Waals surface area (Å²) in [7, 11) is 0. The molecule has 0 aliphatic rings. The molecule has 0 fully saturated rings. The molecule has 0 saturated heterocycles. The highest BCUT2D eigenvalue weighted by Crippen LogP contribution is 2.18. The van der Waals surface area contributed by atoms with Crippen molar-refractivity contribution >= 4 is 11.6 Å². The molecule has 18 heavy (non-hydrogen) atoms. The number of pyridine rings is 1. The zero-order valence-corrected chi connectivity index (χ0v) is 9.19. The summed E-state index contributed by atoms with van der Waals surface area (Å²) in [6.45, 7) is 0. The van der Waals surface area contributed by atoms with Crippen molar-refractivity contribution in [1.82, 2.24) is 19.6 Å². The quantitative estimate of drug-likeness (QED) is 0.734. The maximum Gasteiger partial charge on any atom is 0.341 e. The number of carboxylic acid groups (broad SMARTS) is 1. The fourth-order valence-corrected chi connectivity index (χ4v) is 1.75. The van der Waals surface area contributed by atoms with Gasteiger partial charge in [0.15, 0.2) is 5.65 Å². The summed E-state index contributed by atoms with van der Waals surface area (Å²) in [5.74, 6) is -1.05. The summed E-state index contributed by atoms with van der Waals surface area (Å²) in [5, 5.41) is 13.1. The van der Waals surface area contributed by atoms with Crippen molar-refractivity contribution in [3.05, 3.63) is 48.4 Å². The predicted octanol–water partition coefficient (Wildman–Crippen LogP) is 1.49. The standard InChI is InChI=1S/C12H8N4O2/c17-12(18)8-7-15-16-10(4-6-14-11(8)16)9-3-1-2-5-13-9/h1-7H,(H,17,18). The number of aromatic nitrogens is 4. The first-order valence-electron chi connectivity index (χ1n) is 5.25. The Bertz CT molecular complexity index is 721. The zero-order chi connectivity index (χ0) is 12.5. The van der Waals surface area contributed by atoms with E-state index in [2.05, 4.69) is 15.1 Å². The molecule has 0 saturated carbocycles. The second-order valence-corrected chi connectivity index (χ2v) is 3.64. The van der Waals surface area contributed by atoms with E-state index in [1.54, 1.807) is 18.5 Å². The van der Waals surface area contributed by atoms with E-state index in [-0.39, 0.29) is 5.56 Å². The number of carboxylic acids is 1. The minimum Gasteiger partial charge on any atom is -0.477 e. The van der Waals surface area contributed by atoms with Crippen LogP contribution in [0.2, 0.25) is 0 Å². The van der Waals surface area contributed by atoms with Gasteiger partial charge in [-0.15, -0.1) is 0 Å². The first-order chi connectivity index (χ1) is 8.77. The highest BCUT2D eigenvalue weighted by Gasteiger charge is 2.14. The van der Waals surface area contributed by atoms with Crippen molar-refractivity contribution in [2.45, 2.75) is 0 Å². The van der Waals surface area contributed by atoms with Gasteiger partial charge in [0, 0.05) is 12.4 Å². The Balaban J connectivity index is 2.29. The second-order valence-electron chi connectivity index (χ2n) is 3.64. The summed E-state index contributed by atoms with van der Waals surface area (Å²) in [4.78, 5) is 19.3. The third kappa shape index (κ3) is 1.51. The maximum absolute atomic E-state index is 11.0. The molecular formula is C12H8N4O2. The molecule has 0 aromatic carbocycles. The number of hydrogen-bond donors (Lipinski definition) is 1. The van der Waals surface area contributed by atoms with Gasteiger partial charge < -0.3 is 5.11 Å². The van der Waals surface area contributed by atoms with Crippen molar-refractivity contribution in [3.8, 4) is 11.4 Å². The molecule has 0 atom stereocenters. The van der Waals surface area contributed by atoms with Crippen molar-refractivity contribution in [2.24, 2.45) is 0 Å². The number of rotatable bonds is 2. The van der Waals surface area contributed by atoms with Gasteiger partial charge in [0.05, 0.1) is 17.6 Å². The highest BCUT2D eigenvalue weighted by atomic mass is 16.4. The summed E-state index contributed by atoms with van der Waals surface area (Å²) in [6.07, 6.45) is 4.51. The van der Waals surface area contributed by atoms with Crippen LogP contribution in [0.3, 0.4) is 0 Å². The molecule has 3 rings (SSSR count). The lowest BCUT2D eigenvalue weighted by molar-refractivity contribution is 0.0699. The Morgan fingerprint density at radius 3 is 2.78 bits per heavy atom. The molecule has 88 valence electrons.